The summed E-state index contributed by atoms with van der Waals surface area (Å²) in [5.74, 6) is 0. The van der Waals surface area contributed by atoms with Gasteiger partial charge in [-0.15, -0.1) is 0 Å². The summed E-state index contributed by atoms with van der Waals surface area (Å²) >= 11 is 0. The number of hydrogen-bond donors (Lipinski definition) is 1. The zero-order chi connectivity index (χ0) is 15.0. The van der Waals surface area contributed by atoms with Gasteiger partial charge in [0, 0.05) is 18.4 Å². The summed E-state index contributed by atoms with van der Waals surface area (Å²) in [5, 5.41) is 2.88. The molecule has 0 spiro atoms. The maximum Gasteiger partial charge on any atom is 0.407 e. The van der Waals surface area contributed by atoms with Crippen LogP contribution in [0.3, 0.4) is 0 Å². The van der Waals surface area contributed by atoms with Gasteiger partial charge in [0.25, 0.3) is 0 Å². The highest BCUT2D eigenvalue weighted by Crippen LogP contribution is 2.09. The molecule has 0 bridgehead atoms. The fourth-order valence-corrected chi connectivity index (χ4v) is 1.64. The van der Waals surface area contributed by atoms with E-state index in [2.05, 4.69) is 10.3 Å². The summed E-state index contributed by atoms with van der Waals surface area (Å²) < 4.78 is 5.25. The summed E-state index contributed by atoms with van der Waals surface area (Å²) in [5.41, 5.74) is 0.591. The molecule has 1 N–H and O–H groups in total. The second kappa shape index (κ2) is 7.68. The number of alkyl carbamates (subject to hydrolysis) is 1. The van der Waals surface area contributed by atoms with E-state index >= 15 is 0 Å². The molecule has 20 heavy (non-hydrogen) atoms. The van der Waals surface area contributed by atoms with Crippen molar-refractivity contribution in [3.8, 4) is 0 Å². The lowest BCUT2D eigenvalue weighted by atomic mass is 10.1. The van der Waals surface area contributed by atoms with Gasteiger partial charge < -0.3 is 10.1 Å². The monoisotopic (exact) mass is 276 g/mol. The number of carbonyl (C=O) groups excluding carboxylic acids is 1. The summed E-state index contributed by atoms with van der Waals surface area (Å²) in [7, 11) is 0. The minimum atomic E-state index is -0.464. The van der Waals surface area contributed by atoms with E-state index < -0.39 is 5.60 Å². The molecular weight excluding hydrogens is 252 g/mol. The second-order valence-corrected chi connectivity index (χ2v) is 5.68. The molecule has 1 aromatic rings. The van der Waals surface area contributed by atoms with E-state index in [4.69, 9.17) is 4.74 Å². The lowest BCUT2D eigenvalue weighted by Crippen LogP contribution is -2.38. The van der Waals surface area contributed by atoms with Crippen LogP contribution in [0, 0.1) is 0 Å². The van der Waals surface area contributed by atoms with Crippen molar-refractivity contribution in [2.45, 2.75) is 52.2 Å². The molecule has 0 aliphatic heterocycles. The van der Waals surface area contributed by atoms with Crippen molar-refractivity contribution in [2.75, 3.05) is 0 Å². The van der Waals surface area contributed by atoms with Gasteiger partial charge in [0.2, 0.25) is 0 Å². The van der Waals surface area contributed by atoms with E-state index in [1.165, 1.54) is 0 Å². The Labute approximate surface area is 121 Å². The fourth-order valence-electron chi connectivity index (χ4n) is 1.64. The molecule has 1 unspecified atom stereocenters. The smallest absolute Gasteiger partial charge is 0.407 e. The third-order valence-corrected chi connectivity index (χ3v) is 2.63. The summed E-state index contributed by atoms with van der Waals surface area (Å²) in [6.45, 7) is 7.61. The Bertz CT molecular complexity index is 436. The predicted octanol–water partition coefficient (Wildman–Crippen LogP) is 3.79. The Hall–Kier alpha value is -1.84. The van der Waals surface area contributed by atoms with Gasteiger partial charge in [0.1, 0.15) is 5.60 Å². The molecule has 1 heterocycles. The van der Waals surface area contributed by atoms with Crippen LogP contribution in [-0.4, -0.2) is 22.7 Å². The minimum Gasteiger partial charge on any atom is -0.444 e. The van der Waals surface area contributed by atoms with Crippen molar-refractivity contribution in [2.24, 2.45) is 0 Å². The lowest BCUT2D eigenvalue weighted by Gasteiger charge is -2.22. The summed E-state index contributed by atoms with van der Waals surface area (Å²) in [6, 6.07) is 3.97. The highest BCUT2D eigenvalue weighted by Gasteiger charge is 2.18. The van der Waals surface area contributed by atoms with Crippen LogP contribution >= 0.6 is 0 Å². The van der Waals surface area contributed by atoms with Gasteiger partial charge in [0.15, 0.2) is 0 Å². The average Bonchev–Trinajstić information content (AvgIpc) is 2.36. The Balaban J connectivity index is 2.44. The quantitative estimate of drug-likeness (QED) is 0.890. The summed E-state index contributed by atoms with van der Waals surface area (Å²) in [4.78, 5) is 15.7. The first-order valence-corrected chi connectivity index (χ1v) is 6.97. The number of aromatic nitrogens is 1. The van der Waals surface area contributed by atoms with E-state index in [-0.39, 0.29) is 12.1 Å². The molecule has 0 saturated carbocycles. The van der Waals surface area contributed by atoms with Gasteiger partial charge in [-0.1, -0.05) is 25.1 Å². The third-order valence-electron chi connectivity index (χ3n) is 2.63. The van der Waals surface area contributed by atoms with Crippen LogP contribution in [0.4, 0.5) is 4.79 Å². The molecule has 0 fully saturated rings. The van der Waals surface area contributed by atoms with Gasteiger partial charge in [-0.25, -0.2) is 4.79 Å². The normalized spacial score (nSPS) is 13.2. The number of amides is 1. The number of nitrogens with zero attached hydrogens (tertiary/aromatic N) is 1. The van der Waals surface area contributed by atoms with Crippen molar-refractivity contribution >= 4 is 12.2 Å². The highest BCUT2D eigenvalue weighted by molar-refractivity contribution is 5.68. The molecule has 1 amide bonds. The van der Waals surface area contributed by atoms with Crippen molar-refractivity contribution in [1.82, 2.24) is 10.3 Å². The van der Waals surface area contributed by atoms with Crippen LogP contribution in [0.25, 0.3) is 6.08 Å². The predicted molar refractivity (Wildman–Crippen MR) is 81.3 cm³/mol. The second-order valence-electron chi connectivity index (χ2n) is 5.68. The first kappa shape index (κ1) is 16.2. The molecular formula is C16H24N2O2. The van der Waals surface area contributed by atoms with Crippen LogP contribution in [-0.2, 0) is 4.74 Å². The molecule has 0 aliphatic rings. The van der Waals surface area contributed by atoms with Gasteiger partial charge in [-0.05, 0) is 45.2 Å². The fraction of sp³-hybridized carbons (Fsp3) is 0.500. The van der Waals surface area contributed by atoms with Crippen LogP contribution < -0.4 is 5.32 Å². The Morgan fingerprint density at radius 3 is 2.80 bits per heavy atom. The van der Waals surface area contributed by atoms with Crippen molar-refractivity contribution in [3.63, 3.8) is 0 Å². The van der Waals surface area contributed by atoms with E-state index in [0.717, 1.165) is 18.4 Å². The Morgan fingerprint density at radius 2 is 2.25 bits per heavy atom. The Kier molecular flexibility index (Phi) is 6.22. The SMILES string of the molecule is CCC(CC=Cc1cccnc1)NC(=O)OC(C)(C)C. The largest absolute Gasteiger partial charge is 0.444 e. The standard InChI is InChI=1S/C16H24N2O2/c1-5-14(18-15(19)20-16(2,3)4)10-6-8-13-9-7-11-17-12-13/h6-9,11-12,14H,5,10H2,1-4H3,(H,18,19). The van der Waals surface area contributed by atoms with Crippen LogP contribution in [0.5, 0.6) is 0 Å². The maximum atomic E-state index is 11.7. The first-order chi connectivity index (χ1) is 9.40. The van der Waals surface area contributed by atoms with Crippen LogP contribution in [0.15, 0.2) is 30.6 Å². The number of rotatable bonds is 5. The minimum absolute atomic E-state index is 0.0813. The summed E-state index contributed by atoms with van der Waals surface area (Å²) in [6.07, 6.45) is 8.87. The van der Waals surface area contributed by atoms with Gasteiger partial charge >= 0.3 is 6.09 Å². The van der Waals surface area contributed by atoms with E-state index in [1.807, 2.05) is 52.0 Å². The molecule has 0 radical (unpaired) electrons. The molecule has 1 aromatic heterocycles. The molecule has 1 rings (SSSR count). The van der Waals surface area contributed by atoms with Gasteiger partial charge in [-0.2, -0.15) is 0 Å². The molecule has 110 valence electrons. The van der Waals surface area contributed by atoms with Gasteiger partial charge in [0.05, 0.1) is 0 Å². The zero-order valence-corrected chi connectivity index (χ0v) is 12.7. The third kappa shape index (κ3) is 6.92. The van der Waals surface area contributed by atoms with E-state index in [9.17, 15) is 4.79 Å². The topological polar surface area (TPSA) is 51.2 Å². The van der Waals surface area contributed by atoms with Crippen LogP contribution in [0.2, 0.25) is 0 Å². The molecule has 4 heteroatoms. The van der Waals surface area contributed by atoms with Gasteiger partial charge in [-0.3, -0.25) is 4.98 Å². The van der Waals surface area contributed by atoms with Crippen molar-refractivity contribution in [1.29, 1.82) is 0 Å². The molecule has 0 aromatic carbocycles. The number of hydrogen-bond acceptors (Lipinski definition) is 3. The number of ether oxygens (including phenoxy) is 1. The molecule has 0 aliphatic carbocycles. The molecule has 0 saturated heterocycles. The van der Waals surface area contributed by atoms with Crippen molar-refractivity contribution < 1.29 is 9.53 Å². The van der Waals surface area contributed by atoms with E-state index in [0.29, 0.717) is 0 Å². The number of nitrogens with one attached hydrogen (secondary N) is 1. The lowest BCUT2D eigenvalue weighted by molar-refractivity contribution is 0.0503. The maximum absolute atomic E-state index is 11.7. The number of pyridine rings is 1. The highest BCUT2D eigenvalue weighted by atomic mass is 16.6. The van der Waals surface area contributed by atoms with Crippen LogP contribution in [0.1, 0.15) is 46.1 Å². The zero-order valence-electron chi connectivity index (χ0n) is 12.7. The average molecular weight is 276 g/mol. The first-order valence-electron chi connectivity index (χ1n) is 6.97. The Morgan fingerprint density at radius 1 is 1.50 bits per heavy atom. The molecule has 4 nitrogen and oxygen atoms in total. The van der Waals surface area contributed by atoms with Crippen molar-refractivity contribution in [3.05, 3.63) is 36.2 Å². The number of carbonyl (C=O) groups is 1. The molecule has 1 atom stereocenters. The van der Waals surface area contributed by atoms with E-state index in [1.54, 1.807) is 12.4 Å².